The van der Waals surface area contributed by atoms with Gasteiger partial charge in [-0.05, 0) is 12.8 Å². The first-order valence-electron chi connectivity index (χ1n) is 6.02. The summed E-state index contributed by atoms with van der Waals surface area (Å²) in [4.78, 5) is 28.2. The zero-order valence-corrected chi connectivity index (χ0v) is 12.3. The van der Waals surface area contributed by atoms with Crippen molar-refractivity contribution in [3.8, 4) is 0 Å². The highest BCUT2D eigenvalue weighted by atomic mass is 32.1. The van der Waals surface area contributed by atoms with Crippen LogP contribution in [0.4, 0.5) is 5.13 Å². The maximum atomic E-state index is 12.1. The quantitative estimate of drug-likeness (QED) is 0.796. The van der Waals surface area contributed by atoms with Crippen molar-refractivity contribution in [3.63, 3.8) is 0 Å². The molecule has 2 atom stereocenters. The second-order valence-electron chi connectivity index (χ2n) is 4.33. The van der Waals surface area contributed by atoms with E-state index in [4.69, 9.17) is 10.5 Å². The van der Waals surface area contributed by atoms with Crippen molar-refractivity contribution in [1.82, 2.24) is 10.3 Å². The van der Waals surface area contributed by atoms with Gasteiger partial charge in [0, 0.05) is 0 Å². The van der Waals surface area contributed by atoms with Gasteiger partial charge in [0.05, 0.1) is 12.8 Å². The molecule has 0 radical (unpaired) electrons. The fourth-order valence-electron chi connectivity index (χ4n) is 1.63. The van der Waals surface area contributed by atoms with Gasteiger partial charge in [-0.1, -0.05) is 31.6 Å². The molecule has 1 aromatic rings. The number of nitrogens with zero attached hydrogens (tertiary/aromatic N) is 1. The number of aromatic nitrogens is 1. The maximum Gasteiger partial charge on any atom is 0.328 e. The van der Waals surface area contributed by atoms with Crippen molar-refractivity contribution in [2.75, 3.05) is 12.8 Å². The summed E-state index contributed by atoms with van der Waals surface area (Å²) in [6, 6.07) is -0.662. The van der Waals surface area contributed by atoms with Crippen molar-refractivity contribution >= 4 is 28.3 Å². The second-order valence-corrected chi connectivity index (χ2v) is 5.36. The molecule has 0 aliphatic carbocycles. The van der Waals surface area contributed by atoms with Crippen LogP contribution < -0.4 is 11.1 Å². The van der Waals surface area contributed by atoms with Crippen molar-refractivity contribution in [1.29, 1.82) is 0 Å². The Morgan fingerprint density at radius 3 is 2.58 bits per heavy atom. The molecular weight excluding hydrogens is 266 g/mol. The van der Waals surface area contributed by atoms with E-state index in [-0.39, 0.29) is 11.8 Å². The summed E-state index contributed by atoms with van der Waals surface area (Å²) in [6.45, 7) is 5.54. The summed E-state index contributed by atoms with van der Waals surface area (Å²) in [6.07, 6.45) is 0.754. The highest BCUT2D eigenvalue weighted by molar-refractivity contribution is 7.17. The molecule has 3 N–H and O–H groups in total. The number of carbonyl (C=O) groups excluding carboxylic acids is 2. The number of amides is 1. The van der Waals surface area contributed by atoms with E-state index in [0.717, 1.165) is 17.8 Å². The number of rotatable bonds is 5. The van der Waals surface area contributed by atoms with Gasteiger partial charge < -0.3 is 15.8 Å². The van der Waals surface area contributed by atoms with E-state index in [1.807, 2.05) is 13.8 Å². The lowest BCUT2D eigenvalue weighted by molar-refractivity contribution is -0.144. The first-order valence-corrected chi connectivity index (χ1v) is 6.83. The van der Waals surface area contributed by atoms with Crippen molar-refractivity contribution < 1.29 is 14.3 Å². The Hall–Kier alpha value is -1.63. The van der Waals surface area contributed by atoms with E-state index in [2.05, 4.69) is 10.3 Å². The van der Waals surface area contributed by atoms with Gasteiger partial charge in [-0.2, -0.15) is 0 Å². The molecule has 0 bridgehead atoms. The third-order valence-electron chi connectivity index (χ3n) is 2.97. The van der Waals surface area contributed by atoms with Crippen LogP contribution in [0, 0.1) is 12.8 Å². The van der Waals surface area contributed by atoms with Gasteiger partial charge >= 0.3 is 5.97 Å². The van der Waals surface area contributed by atoms with Crippen LogP contribution in [0.1, 0.15) is 35.6 Å². The van der Waals surface area contributed by atoms with E-state index < -0.39 is 12.0 Å². The second kappa shape index (κ2) is 6.51. The number of ether oxygens (including phenoxy) is 1. The van der Waals surface area contributed by atoms with Crippen LogP contribution in [-0.4, -0.2) is 30.0 Å². The first kappa shape index (κ1) is 15.4. The van der Waals surface area contributed by atoms with Crippen molar-refractivity contribution in [2.24, 2.45) is 5.92 Å². The van der Waals surface area contributed by atoms with E-state index >= 15 is 0 Å². The van der Waals surface area contributed by atoms with Crippen LogP contribution in [0.25, 0.3) is 0 Å². The zero-order valence-electron chi connectivity index (χ0n) is 11.5. The van der Waals surface area contributed by atoms with Gasteiger partial charge in [-0.15, -0.1) is 0 Å². The van der Waals surface area contributed by atoms with E-state index in [0.29, 0.717) is 15.7 Å². The largest absolute Gasteiger partial charge is 0.467 e. The molecule has 1 aromatic heterocycles. The van der Waals surface area contributed by atoms with Crippen LogP contribution in [0.5, 0.6) is 0 Å². The number of nitrogen functional groups attached to an aromatic ring is 1. The van der Waals surface area contributed by atoms with Crippen molar-refractivity contribution in [2.45, 2.75) is 33.2 Å². The fraction of sp³-hybridized carbons (Fsp3) is 0.583. The van der Waals surface area contributed by atoms with Crippen LogP contribution in [0.3, 0.4) is 0 Å². The van der Waals surface area contributed by atoms with E-state index in [9.17, 15) is 9.59 Å². The lowest BCUT2D eigenvalue weighted by Gasteiger charge is -2.21. The SMILES string of the molecule is CCC(C)C(NC(=O)c1sc(N)nc1C)C(=O)OC. The Balaban J connectivity index is 2.87. The van der Waals surface area contributed by atoms with Gasteiger partial charge in [0.15, 0.2) is 5.13 Å². The topological polar surface area (TPSA) is 94.3 Å². The monoisotopic (exact) mass is 285 g/mol. The standard InChI is InChI=1S/C12H19N3O3S/c1-5-6(2)8(11(17)18-4)15-10(16)9-7(3)14-12(13)19-9/h6,8H,5H2,1-4H3,(H2,13,14)(H,15,16). The molecule has 0 saturated carbocycles. The number of nitrogens with one attached hydrogen (secondary N) is 1. The van der Waals surface area contributed by atoms with Gasteiger partial charge in [0.1, 0.15) is 10.9 Å². The minimum Gasteiger partial charge on any atom is -0.467 e. The molecule has 2 unspecified atom stereocenters. The highest BCUT2D eigenvalue weighted by Gasteiger charge is 2.28. The molecule has 0 spiro atoms. The molecule has 0 saturated heterocycles. The first-order chi connectivity index (χ1) is 8.90. The predicted octanol–water partition coefficient (Wildman–Crippen LogP) is 1.35. The smallest absolute Gasteiger partial charge is 0.328 e. The van der Waals surface area contributed by atoms with Gasteiger partial charge in [-0.3, -0.25) is 4.79 Å². The number of hydrogen-bond acceptors (Lipinski definition) is 6. The summed E-state index contributed by atoms with van der Waals surface area (Å²) in [5.74, 6) is -0.804. The Bertz CT molecular complexity index is 473. The number of methoxy groups -OCH3 is 1. The van der Waals surface area contributed by atoms with Crippen molar-refractivity contribution in [3.05, 3.63) is 10.6 Å². The number of nitrogens with two attached hydrogens (primary N) is 1. The molecule has 6 nitrogen and oxygen atoms in total. The summed E-state index contributed by atoms with van der Waals surface area (Å²) in [5, 5.41) is 3.02. The number of thiazole rings is 1. The predicted molar refractivity (Wildman–Crippen MR) is 74.0 cm³/mol. The third-order valence-corrected chi connectivity index (χ3v) is 3.96. The normalized spacial score (nSPS) is 13.7. The summed E-state index contributed by atoms with van der Waals surface area (Å²) in [5.41, 5.74) is 6.12. The van der Waals surface area contributed by atoms with E-state index in [1.54, 1.807) is 6.92 Å². The maximum absolute atomic E-state index is 12.1. The molecule has 0 aliphatic rings. The van der Waals surface area contributed by atoms with Gasteiger partial charge in [0.25, 0.3) is 5.91 Å². The van der Waals surface area contributed by atoms with Crippen LogP contribution in [-0.2, 0) is 9.53 Å². The summed E-state index contributed by atoms with van der Waals surface area (Å²) >= 11 is 1.11. The molecule has 0 aliphatic heterocycles. The molecule has 0 fully saturated rings. The van der Waals surface area contributed by atoms with Gasteiger partial charge in [-0.25, -0.2) is 9.78 Å². The minimum absolute atomic E-state index is 0.0121. The molecule has 7 heteroatoms. The number of hydrogen-bond donors (Lipinski definition) is 2. The lowest BCUT2D eigenvalue weighted by Crippen LogP contribution is -2.45. The third kappa shape index (κ3) is 3.66. The molecule has 1 amide bonds. The number of aryl methyl sites for hydroxylation is 1. The van der Waals surface area contributed by atoms with Crippen LogP contribution >= 0.6 is 11.3 Å². The lowest BCUT2D eigenvalue weighted by atomic mass is 9.99. The Morgan fingerprint density at radius 2 is 2.16 bits per heavy atom. The Morgan fingerprint density at radius 1 is 1.53 bits per heavy atom. The molecule has 19 heavy (non-hydrogen) atoms. The Kier molecular flexibility index (Phi) is 5.29. The average molecular weight is 285 g/mol. The fourth-order valence-corrected chi connectivity index (χ4v) is 2.37. The number of esters is 1. The molecular formula is C12H19N3O3S. The zero-order chi connectivity index (χ0) is 14.6. The minimum atomic E-state index is -0.662. The molecule has 106 valence electrons. The number of carbonyl (C=O) groups is 2. The van der Waals surface area contributed by atoms with Crippen LogP contribution in [0.2, 0.25) is 0 Å². The molecule has 1 heterocycles. The van der Waals surface area contributed by atoms with Crippen LogP contribution in [0.15, 0.2) is 0 Å². The summed E-state index contributed by atoms with van der Waals surface area (Å²) < 4.78 is 4.72. The average Bonchev–Trinajstić information content (AvgIpc) is 2.73. The molecule has 1 rings (SSSR count). The van der Waals surface area contributed by atoms with E-state index in [1.165, 1.54) is 7.11 Å². The number of anilines is 1. The highest BCUT2D eigenvalue weighted by Crippen LogP contribution is 2.20. The Labute approximate surface area is 116 Å². The molecule has 0 aromatic carbocycles. The van der Waals surface area contributed by atoms with Gasteiger partial charge in [0.2, 0.25) is 0 Å². The summed E-state index contributed by atoms with van der Waals surface area (Å²) in [7, 11) is 1.31.